The van der Waals surface area contributed by atoms with Gasteiger partial charge >= 0.3 is 6.09 Å². The highest BCUT2D eigenvalue weighted by Crippen LogP contribution is 2.20. The number of carbonyl (C=O) groups excluding carboxylic acids is 1. The molecule has 1 N–H and O–H groups in total. The van der Waals surface area contributed by atoms with Gasteiger partial charge in [-0.3, -0.25) is 5.32 Å². The minimum Gasteiger partial charge on any atom is -0.450 e. The summed E-state index contributed by atoms with van der Waals surface area (Å²) < 4.78 is 9.85. The summed E-state index contributed by atoms with van der Waals surface area (Å²) in [6, 6.07) is 7.10. The van der Waals surface area contributed by atoms with E-state index in [4.69, 9.17) is 9.26 Å². The van der Waals surface area contributed by atoms with Gasteiger partial charge in [0.1, 0.15) is 0 Å². The number of anilines is 1. The summed E-state index contributed by atoms with van der Waals surface area (Å²) in [7, 11) is 0. The summed E-state index contributed by atoms with van der Waals surface area (Å²) in [5.41, 5.74) is 1.35. The second kappa shape index (κ2) is 5.31. The SMILES string of the molecule is CCOC(=O)Nc1cccc(-c2nc(C)no2)c1. The number of nitrogens with one attached hydrogen (secondary N) is 1. The van der Waals surface area contributed by atoms with Crippen molar-refractivity contribution in [2.24, 2.45) is 0 Å². The normalized spacial score (nSPS) is 10.1. The number of benzene rings is 1. The molecule has 0 atom stereocenters. The highest BCUT2D eigenvalue weighted by atomic mass is 16.5. The number of aryl methyl sites for hydroxylation is 1. The van der Waals surface area contributed by atoms with Crippen LogP contribution in [0.1, 0.15) is 12.7 Å². The van der Waals surface area contributed by atoms with Crippen molar-refractivity contribution in [3.05, 3.63) is 30.1 Å². The first kappa shape index (κ1) is 12.1. The molecular formula is C12H13N3O3. The quantitative estimate of drug-likeness (QED) is 0.902. The Bertz CT molecular complexity index is 551. The Balaban J connectivity index is 2.17. The third kappa shape index (κ3) is 2.85. The maximum Gasteiger partial charge on any atom is 0.411 e. The van der Waals surface area contributed by atoms with Crippen LogP contribution in [0.25, 0.3) is 11.5 Å². The molecule has 2 rings (SSSR count). The molecule has 0 aliphatic heterocycles. The summed E-state index contributed by atoms with van der Waals surface area (Å²) in [5, 5.41) is 6.32. The molecule has 0 fully saturated rings. The fourth-order valence-electron chi connectivity index (χ4n) is 1.43. The largest absolute Gasteiger partial charge is 0.450 e. The zero-order valence-corrected chi connectivity index (χ0v) is 10.1. The molecule has 0 bridgehead atoms. The lowest BCUT2D eigenvalue weighted by Gasteiger charge is -2.05. The van der Waals surface area contributed by atoms with Gasteiger partial charge in [0, 0.05) is 11.3 Å². The molecular weight excluding hydrogens is 234 g/mol. The molecule has 0 saturated heterocycles. The van der Waals surface area contributed by atoms with Gasteiger partial charge in [-0.2, -0.15) is 4.98 Å². The first-order valence-corrected chi connectivity index (χ1v) is 5.53. The fraction of sp³-hybridized carbons (Fsp3) is 0.250. The molecule has 2 aromatic rings. The van der Waals surface area contributed by atoms with Gasteiger partial charge in [0.2, 0.25) is 0 Å². The van der Waals surface area contributed by atoms with Crippen molar-refractivity contribution in [3.8, 4) is 11.5 Å². The molecule has 0 aliphatic carbocycles. The average molecular weight is 247 g/mol. The maximum atomic E-state index is 11.3. The van der Waals surface area contributed by atoms with Crippen LogP contribution < -0.4 is 5.32 Å². The van der Waals surface area contributed by atoms with Crippen LogP contribution in [0.4, 0.5) is 10.5 Å². The lowest BCUT2D eigenvalue weighted by Crippen LogP contribution is -2.13. The third-order valence-corrected chi connectivity index (χ3v) is 2.16. The summed E-state index contributed by atoms with van der Waals surface area (Å²) in [6.07, 6.45) is -0.489. The fourth-order valence-corrected chi connectivity index (χ4v) is 1.43. The lowest BCUT2D eigenvalue weighted by molar-refractivity contribution is 0.168. The number of nitrogens with zero attached hydrogens (tertiary/aromatic N) is 2. The second-order valence-corrected chi connectivity index (χ2v) is 3.57. The molecule has 0 saturated carbocycles. The molecule has 6 heteroatoms. The van der Waals surface area contributed by atoms with Crippen LogP contribution in [0.3, 0.4) is 0 Å². The molecule has 1 aromatic carbocycles. The van der Waals surface area contributed by atoms with E-state index in [9.17, 15) is 4.79 Å². The van der Waals surface area contributed by atoms with Crippen LogP contribution in [-0.2, 0) is 4.74 Å². The van der Waals surface area contributed by atoms with Crippen LogP contribution in [0.2, 0.25) is 0 Å². The van der Waals surface area contributed by atoms with E-state index in [0.29, 0.717) is 24.0 Å². The molecule has 0 radical (unpaired) electrons. The molecule has 18 heavy (non-hydrogen) atoms. The summed E-state index contributed by atoms with van der Waals surface area (Å²) in [5.74, 6) is 0.980. The summed E-state index contributed by atoms with van der Waals surface area (Å²) >= 11 is 0. The number of amides is 1. The van der Waals surface area contributed by atoms with Crippen molar-refractivity contribution in [1.82, 2.24) is 10.1 Å². The first-order chi connectivity index (χ1) is 8.69. The Morgan fingerprint density at radius 3 is 3.00 bits per heavy atom. The van der Waals surface area contributed by atoms with E-state index in [0.717, 1.165) is 5.56 Å². The molecule has 6 nitrogen and oxygen atoms in total. The van der Waals surface area contributed by atoms with E-state index >= 15 is 0 Å². The Kier molecular flexibility index (Phi) is 3.57. The Hall–Kier alpha value is -2.37. The van der Waals surface area contributed by atoms with Crippen molar-refractivity contribution in [1.29, 1.82) is 0 Å². The van der Waals surface area contributed by atoms with Crippen molar-refractivity contribution in [3.63, 3.8) is 0 Å². The molecule has 0 spiro atoms. The van der Waals surface area contributed by atoms with Gasteiger partial charge in [-0.05, 0) is 32.0 Å². The highest BCUT2D eigenvalue weighted by molar-refractivity contribution is 5.85. The van der Waals surface area contributed by atoms with Gasteiger partial charge in [-0.25, -0.2) is 4.79 Å². The number of rotatable bonds is 3. The van der Waals surface area contributed by atoms with Crippen molar-refractivity contribution in [2.45, 2.75) is 13.8 Å². The second-order valence-electron chi connectivity index (χ2n) is 3.57. The van der Waals surface area contributed by atoms with Crippen LogP contribution in [-0.4, -0.2) is 22.8 Å². The number of carbonyl (C=O) groups is 1. The van der Waals surface area contributed by atoms with Crippen molar-refractivity contribution in [2.75, 3.05) is 11.9 Å². The predicted octanol–water partition coefficient (Wildman–Crippen LogP) is 2.61. The van der Waals surface area contributed by atoms with Crippen LogP contribution in [0, 0.1) is 6.92 Å². The lowest BCUT2D eigenvalue weighted by atomic mass is 10.2. The first-order valence-electron chi connectivity index (χ1n) is 5.53. The van der Waals surface area contributed by atoms with Crippen molar-refractivity contribution < 1.29 is 14.1 Å². The van der Waals surface area contributed by atoms with Gasteiger partial charge < -0.3 is 9.26 Å². The van der Waals surface area contributed by atoms with Crippen LogP contribution >= 0.6 is 0 Å². The Labute approximate surface area is 104 Å². The molecule has 94 valence electrons. The molecule has 1 aromatic heterocycles. The van der Waals surface area contributed by atoms with E-state index in [1.165, 1.54) is 0 Å². The number of aromatic nitrogens is 2. The van der Waals surface area contributed by atoms with Crippen LogP contribution in [0.15, 0.2) is 28.8 Å². The van der Waals surface area contributed by atoms with Gasteiger partial charge in [0.25, 0.3) is 5.89 Å². The standard InChI is InChI=1S/C12H13N3O3/c1-3-17-12(16)14-10-6-4-5-9(7-10)11-13-8(2)15-18-11/h4-7H,3H2,1-2H3,(H,14,16). The Morgan fingerprint density at radius 2 is 2.33 bits per heavy atom. The Morgan fingerprint density at radius 1 is 1.50 bits per heavy atom. The van der Waals surface area contributed by atoms with E-state index < -0.39 is 6.09 Å². The summed E-state index contributed by atoms with van der Waals surface area (Å²) in [4.78, 5) is 15.4. The third-order valence-electron chi connectivity index (χ3n) is 2.16. The minimum atomic E-state index is -0.489. The van der Waals surface area contributed by atoms with Gasteiger partial charge in [0.05, 0.1) is 6.61 Å². The van der Waals surface area contributed by atoms with Crippen LogP contribution in [0.5, 0.6) is 0 Å². The van der Waals surface area contributed by atoms with E-state index in [-0.39, 0.29) is 0 Å². The minimum absolute atomic E-state index is 0.328. The average Bonchev–Trinajstić information content (AvgIpc) is 2.76. The molecule has 0 unspecified atom stereocenters. The zero-order valence-electron chi connectivity index (χ0n) is 10.1. The molecule has 0 aliphatic rings. The van der Waals surface area contributed by atoms with Gasteiger partial charge in [-0.15, -0.1) is 0 Å². The smallest absolute Gasteiger partial charge is 0.411 e. The van der Waals surface area contributed by atoms with E-state index in [2.05, 4.69) is 15.5 Å². The number of hydrogen-bond donors (Lipinski definition) is 1. The number of hydrogen-bond acceptors (Lipinski definition) is 5. The zero-order chi connectivity index (χ0) is 13.0. The van der Waals surface area contributed by atoms with Crippen molar-refractivity contribution >= 4 is 11.8 Å². The summed E-state index contributed by atoms with van der Waals surface area (Å²) in [6.45, 7) is 3.82. The van der Waals surface area contributed by atoms with Gasteiger partial charge in [-0.1, -0.05) is 11.2 Å². The molecule has 1 amide bonds. The highest BCUT2D eigenvalue weighted by Gasteiger charge is 2.08. The van der Waals surface area contributed by atoms with Gasteiger partial charge in [0.15, 0.2) is 5.82 Å². The molecule has 1 heterocycles. The maximum absolute atomic E-state index is 11.3. The van der Waals surface area contributed by atoms with E-state index in [1.54, 1.807) is 32.0 Å². The van der Waals surface area contributed by atoms with E-state index in [1.807, 2.05) is 6.07 Å². The predicted molar refractivity (Wildman–Crippen MR) is 65.1 cm³/mol. The number of ether oxygens (including phenoxy) is 1. The topological polar surface area (TPSA) is 77.2 Å². The monoisotopic (exact) mass is 247 g/mol.